The number of hydrogen-bond acceptors (Lipinski definition) is 6. The zero-order chi connectivity index (χ0) is 29.3. The number of nitrogens with one attached hydrogen (secondary N) is 1. The van der Waals surface area contributed by atoms with E-state index >= 15 is 0 Å². The number of rotatable bonds is 5. The van der Waals surface area contributed by atoms with E-state index in [2.05, 4.69) is 10.3 Å². The van der Waals surface area contributed by atoms with Gasteiger partial charge in [-0.1, -0.05) is 36.4 Å². The summed E-state index contributed by atoms with van der Waals surface area (Å²) in [6, 6.07) is 14.7. The molecule has 0 saturated heterocycles. The number of fused-ring (bicyclic) bond motifs is 1. The third kappa shape index (κ3) is 5.96. The molecule has 5 rings (SSSR count). The van der Waals surface area contributed by atoms with Crippen molar-refractivity contribution in [3.63, 3.8) is 0 Å². The lowest BCUT2D eigenvalue weighted by atomic mass is 9.91. The molecule has 9 nitrogen and oxygen atoms in total. The first-order valence-electron chi connectivity index (χ1n) is 13.5. The number of alkyl carbamates (subject to hydrolysis) is 1. The van der Waals surface area contributed by atoms with Crippen LogP contribution in [0.3, 0.4) is 0 Å². The SMILES string of the molecule is CC(C)(C)OC(=O)N[C@H]1CC[C@@H](n2c(=O)c3cc(F)cnc3n(-c3cccc(-c4ccc(C=O)cc4)c3)c2=O)CC1. The van der Waals surface area contributed by atoms with E-state index < -0.39 is 34.8 Å². The number of carbonyl (C=O) groups is 2. The molecule has 2 heterocycles. The third-order valence-corrected chi connectivity index (χ3v) is 7.16. The predicted octanol–water partition coefficient (Wildman–Crippen LogP) is 5.17. The zero-order valence-electron chi connectivity index (χ0n) is 23.1. The smallest absolute Gasteiger partial charge is 0.407 e. The Balaban J connectivity index is 1.53. The first-order valence-corrected chi connectivity index (χ1v) is 13.5. The fraction of sp³-hybridized carbons (Fsp3) is 0.323. The molecule has 4 aromatic rings. The van der Waals surface area contributed by atoms with Crippen LogP contribution < -0.4 is 16.6 Å². The first kappa shape index (κ1) is 27.9. The number of halogens is 1. The van der Waals surface area contributed by atoms with Crippen molar-refractivity contribution in [3.8, 4) is 16.8 Å². The molecule has 1 aliphatic rings. The van der Waals surface area contributed by atoms with Crippen LogP contribution in [0.1, 0.15) is 62.9 Å². The van der Waals surface area contributed by atoms with Gasteiger partial charge in [0.05, 0.1) is 17.3 Å². The average Bonchev–Trinajstić information content (AvgIpc) is 2.93. The number of aldehydes is 1. The van der Waals surface area contributed by atoms with E-state index in [0.29, 0.717) is 36.9 Å². The number of pyridine rings is 1. The fourth-order valence-electron chi connectivity index (χ4n) is 5.27. The predicted molar refractivity (Wildman–Crippen MR) is 153 cm³/mol. The summed E-state index contributed by atoms with van der Waals surface area (Å²) in [6.07, 6.45) is 3.26. The quantitative estimate of drug-likeness (QED) is 0.338. The normalized spacial score (nSPS) is 17.3. The van der Waals surface area contributed by atoms with Crippen LogP contribution in [0.2, 0.25) is 0 Å². The van der Waals surface area contributed by atoms with Gasteiger partial charge in [0.15, 0.2) is 5.65 Å². The maximum atomic E-state index is 14.3. The fourth-order valence-corrected chi connectivity index (χ4v) is 5.27. The summed E-state index contributed by atoms with van der Waals surface area (Å²) in [5, 5.41) is 2.87. The highest BCUT2D eigenvalue weighted by molar-refractivity contribution is 5.78. The standard InChI is InChI=1S/C31H31FN4O5/c1-31(2,3)41-29(39)34-23-11-13-24(14-12-23)36-28(38)26-16-22(32)17-33-27(26)35(30(36)40)25-6-4-5-21(15-25)20-9-7-19(18-37)8-10-20/h4-10,15-18,23-24H,11-14H2,1-3H3,(H,34,39)/t23-,24+. The average molecular weight is 559 g/mol. The molecular formula is C31H31FN4O5. The van der Waals surface area contributed by atoms with Gasteiger partial charge >= 0.3 is 11.8 Å². The number of benzene rings is 2. The molecule has 1 fully saturated rings. The van der Waals surface area contributed by atoms with E-state index in [1.165, 1.54) is 9.13 Å². The monoisotopic (exact) mass is 558 g/mol. The largest absolute Gasteiger partial charge is 0.444 e. The Kier molecular flexibility index (Phi) is 7.57. The second kappa shape index (κ2) is 11.1. The Bertz CT molecular complexity index is 1730. The van der Waals surface area contributed by atoms with Gasteiger partial charge in [-0.2, -0.15) is 0 Å². The Morgan fingerprint density at radius 1 is 1.02 bits per heavy atom. The van der Waals surface area contributed by atoms with Crippen LogP contribution in [0.25, 0.3) is 27.8 Å². The van der Waals surface area contributed by atoms with Crippen LogP contribution in [0.5, 0.6) is 0 Å². The Morgan fingerprint density at radius 3 is 2.39 bits per heavy atom. The van der Waals surface area contributed by atoms with Gasteiger partial charge in [0.1, 0.15) is 17.7 Å². The molecule has 212 valence electrons. The second-order valence-electron chi connectivity index (χ2n) is 11.3. The van der Waals surface area contributed by atoms with Gasteiger partial charge in [0.2, 0.25) is 0 Å². The molecule has 2 aromatic carbocycles. The van der Waals surface area contributed by atoms with E-state index in [1.54, 1.807) is 51.1 Å². The van der Waals surface area contributed by atoms with Gasteiger partial charge in [-0.25, -0.2) is 23.5 Å². The topological polar surface area (TPSA) is 112 Å². The molecule has 0 bridgehead atoms. The number of carbonyl (C=O) groups excluding carboxylic acids is 2. The first-order chi connectivity index (χ1) is 19.5. The van der Waals surface area contributed by atoms with Gasteiger partial charge in [-0.15, -0.1) is 0 Å². The number of nitrogens with zero attached hydrogens (tertiary/aromatic N) is 3. The van der Waals surface area contributed by atoms with Gasteiger partial charge < -0.3 is 10.1 Å². The van der Waals surface area contributed by atoms with Gasteiger partial charge in [0.25, 0.3) is 5.56 Å². The summed E-state index contributed by atoms with van der Waals surface area (Å²) in [4.78, 5) is 55.0. The Hall–Kier alpha value is -4.60. The molecule has 2 aromatic heterocycles. The minimum atomic E-state index is -0.680. The van der Waals surface area contributed by atoms with E-state index in [0.717, 1.165) is 29.7 Å². The van der Waals surface area contributed by atoms with E-state index in [1.807, 2.05) is 18.2 Å². The summed E-state index contributed by atoms with van der Waals surface area (Å²) in [7, 11) is 0. The Morgan fingerprint density at radius 2 is 1.73 bits per heavy atom. The summed E-state index contributed by atoms with van der Waals surface area (Å²) >= 11 is 0. The number of amides is 1. The lowest BCUT2D eigenvalue weighted by Gasteiger charge is -2.31. The van der Waals surface area contributed by atoms with Gasteiger partial charge in [-0.05, 0) is 75.8 Å². The molecule has 1 aliphatic carbocycles. The Labute approximate surface area is 235 Å². The highest BCUT2D eigenvalue weighted by Crippen LogP contribution is 2.28. The van der Waals surface area contributed by atoms with Crippen LogP contribution in [-0.2, 0) is 4.74 Å². The number of hydrogen-bond donors (Lipinski definition) is 1. The van der Waals surface area contributed by atoms with Crippen molar-refractivity contribution in [1.29, 1.82) is 0 Å². The maximum absolute atomic E-state index is 14.3. The van der Waals surface area contributed by atoms with Crippen molar-refractivity contribution in [2.45, 2.75) is 64.1 Å². The van der Waals surface area contributed by atoms with Gasteiger partial charge in [-0.3, -0.25) is 14.2 Å². The van der Waals surface area contributed by atoms with Crippen LogP contribution in [-0.4, -0.2) is 38.1 Å². The van der Waals surface area contributed by atoms with Crippen molar-refractivity contribution >= 4 is 23.4 Å². The highest BCUT2D eigenvalue weighted by atomic mass is 19.1. The molecule has 0 atom stereocenters. The van der Waals surface area contributed by atoms with E-state index in [9.17, 15) is 23.6 Å². The van der Waals surface area contributed by atoms with Crippen molar-refractivity contribution in [3.05, 3.63) is 93.0 Å². The third-order valence-electron chi connectivity index (χ3n) is 7.16. The summed E-state index contributed by atoms with van der Waals surface area (Å²) in [5.74, 6) is -0.680. The number of ether oxygens (including phenoxy) is 1. The lowest BCUT2D eigenvalue weighted by Crippen LogP contribution is -2.45. The molecular weight excluding hydrogens is 527 g/mol. The van der Waals surface area contributed by atoms with Crippen LogP contribution in [0, 0.1) is 5.82 Å². The van der Waals surface area contributed by atoms with Crippen molar-refractivity contribution in [2.24, 2.45) is 0 Å². The zero-order valence-corrected chi connectivity index (χ0v) is 23.1. The number of aromatic nitrogens is 3. The molecule has 1 N–H and O–H groups in total. The van der Waals surface area contributed by atoms with Crippen LogP contribution >= 0.6 is 0 Å². The molecule has 0 aliphatic heterocycles. The van der Waals surface area contributed by atoms with Crippen molar-refractivity contribution in [2.75, 3.05) is 0 Å². The molecule has 1 saturated carbocycles. The maximum Gasteiger partial charge on any atom is 0.407 e. The molecule has 10 heteroatoms. The van der Waals surface area contributed by atoms with E-state index in [4.69, 9.17) is 4.74 Å². The van der Waals surface area contributed by atoms with Crippen molar-refractivity contribution in [1.82, 2.24) is 19.4 Å². The summed E-state index contributed by atoms with van der Waals surface area (Å²) < 4.78 is 22.2. The summed E-state index contributed by atoms with van der Waals surface area (Å²) in [5.41, 5.74) is 0.894. The molecule has 0 unspecified atom stereocenters. The van der Waals surface area contributed by atoms with Gasteiger partial charge in [0, 0.05) is 17.6 Å². The van der Waals surface area contributed by atoms with Crippen LogP contribution in [0.4, 0.5) is 9.18 Å². The lowest BCUT2D eigenvalue weighted by molar-refractivity contribution is 0.0487. The summed E-state index contributed by atoms with van der Waals surface area (Å²) in [6.45, 7) is 5.37. The van der Waals surface area contributed by atoms with E-state index in [-0.39, 0.29) is 17.1 Å². The molecule has 0 radical (unpaired) electrons. The minimum absolute atomic E-state index is 0.000609. The molecule has 0 spiro atoms. The van der Waals surface area contributed by atoms with Crippen LogP contribution in [0.15, 0.2) is 70.4 Å². The molecule has 41 heavy (non-hydrogen) atoms. The van der Waals surface area contributed by atoms with Crippen molar-refractivity contribution < 1.29 is 18.7 Å². The minimum Gasteiger partial charge on any atom is -0.444 e. The highest BCUT2D eigenvalue weighted by Gasteiger charge is 2.29. The molecule has 1 amide bonds. The second-order valence-corrected chi connectivity index (χ2v) is 11.3.